The smallest absolute Gasteiger partial charge is 0.253 e. The standard InChI is InChI=1S/C21H25N3O3S/c1-14(9-10-24(2)21(27)17-7-4-8-18(28)12-17)15-5-3-6-16(11-15)20(26)23-13-19(22)25/h3-8,11-12,14,28H,9-10,13H2,1-2H3,(H2,22,25)(H,23,26). The van der Waals surface area contributed by atoms with Crippen molar-refractivity contribution in [3.63, 3.8) is 0 Å². The average Bonchev–Trinajstić information content (AvgIpc) is 2.69. The zero-order valence-corrected chi connectivity index (χ0v) is 16.9. The van der Waals surface area contributed by atoms with Crippen LogP contribution in [0.1, 0.15) is 45.5 Å². The van der Waals surface area contributed by atoms with Gasteiger partial charge in [0.15, 0.2) is 0 Å². The average molecular weight is 400 g/mol. The van der Waals surface area contributed by atoms with Crippen molar-refractivity contribution in [2.75, 3.05) is 20.1 Å². The summed E-state index contributed by atoms with van der Waals surface area (Å²) in [5.74, 6) is -0.834. The van der Waals surface area contributed by atoms with E-state index in [1.807, 2.05) is 19.1 Å². The molecule has 3 N–H and O–H groups in total. The molecule has 1 atom stereocenters. The van der Waals surface area contributed by atoms with E-state index in [0.29, 0.717) is 17.7 Å². The molecule has 0 aliphatic rings. The van der Waals surface area contributed by atoms with Gasteiger partial charge in [0.05, 0.1) is 6.54 Å². The number of nitrogens with two attached hydrogens (primary N) is 1. The highest BCUT2D eigenvalue weighted by Crippen LogP contribution is 2.21. The molecular formula is C21H25N3O3S. The third-order valence-corrected chi connectivity index (χ3v) is 4.76. The Hall–Kier alpha value is -2.80. The van der Waals surface area contributed by atoms with Crippen LogP contribution in [-0.4, -0.2) is 42.8 Å². The Bertz CT molecular complexity index is 869. The van der Waals surface area contributed by atoms with Gasteiger partial charge < -0.3 is 16.0 Å². The fraction of sp³-hybridized carbons (Fsp3) is 0.286. The summed E-state index contributed by atoms with van der Waals surface area (Å²) in [6.45, 7) is 2.43. The van der Waals surface area contributed by atoms with Gasteiger partial charge in [0.25, 0.3) is 11.8 Å². The molecule has 2 aromatic carbocycles. The van der Waals surface area contributed by atoms with Gasteiger partial charge in [-0.25, -0.2) is 0 Å². The number of amides is 3. The van der Waals surface area contributed by atoms with Gasteiger partial charge in [-0.05, 0) is 48.2 Å². The molecule has 0 aliphatic heterocycles. The zero-order valence-electron chi connectivity index (χ0n) is 16.0. The highest BCUT2D eigenvalue weighted by Gasteiger charge is 2.15. The minimum Gasteiger partial charge on any atom is -0.368 e. The van der Waals surface area contributed by atoms with Crippen LogP contribution in [0.15, 0.2) is 53.4 Å². The minimum absolute atomic E-state index is 0.0531. The van der Waals surface area contributed by atoms with Gasteiger partial charge in [-0.1, -0.05) is 25.1 Å². The Morgan fingerprint density at radius 2 is 1.79 bits per heavy atom. The van der Waals surface area contributed by atoms with Crippen LogP contribution in [0.2, 0.25) is 0 Å². The first kappa shape index (κ1) is 21.5. The lowest BCUT2D eigenvalue weighted by molar-refractivity contribution is -0.117. The van der Waals surface area contributed by atoms with Crippen molar-refractivity contribution < 1.29 is 14.4 Å². The van der Waals surface area contributed by atoms with Gasteiger partial charge in [0, 0.05) is 29.6 Å². The predicted octanol–water partition coefficient (Wildman–Crippen LogP) is 2.46. The summed E-state index contributed by atoms with van der Waals surface area (Å²) in [6, 6.07) is 14.4. The summed E-state index contributed by atoms with van der Waals surface area (Å²) < 4.78 is 0. The lowest BCUT2D eigenvalue weighted by Gasteiger charge is -2.20. The van der Waals surface area contributed by atoms with Gasteiger partial charge in [-0.15, -0.1) is 12.6 Å². The summed E-state index contributed by atoms with van der Waals surface area (Å²) in [5, 5.41) is 2.48. The molecule has 3 amide bonds. The third-order valence-electron chi connectivity index (χ3n) is 4.48. The summed E-state index contributed by atoms with van der Waals surface area (Å²) >= 11 is 4.27. The van der Waals surface area contributed by atoms with E-state index >= 15 is 0 Å². The van der Waals surface area contributed by atoms with Gasteiger partial charge in [-0.2, -0.15) is 0 Å². The number of nitrogens with zero attached hydrogens (tertiary/aromatic N) is 1. The van der Waals surface area contributed by atoms with E-state index in [0.717, 1.165) is 16.9 Å². The Balaban J connectivity index is 1.96. The molecular weight excluding hydrogens is 374 g/mol. The topological polar surface area (TPSA) is 92.5 Å². The van der Waals surface area contributed by atoms with E-state index < -0.39 is 5.91 Å². The molecule has 2 rings (SSSR count). The van der Waals surface area contributed by atoms with Crippen molar-refractivity contribution in [2.24, 2.45) is 5.73 Å². The quantitative estimate of drug-likeness (QED) is 0.596. The molecule has 0 saturated heterocycles. The molecule has 2 aromatic rings. The van der Waals surface area contributed by atoms with Crippen molar-refractivity contribution in [2.45, 2.75) is 24.2 Å². The maximum atomic E-state index is 12.5. The monoisotopic (exact) mass is 399 g/mol. The Morgan fingerprint density at radius 3 is 2.46 bits per heavy atom. The lowest BCUT2D eigenvalue weighted by atomic mass is 9.95. The number of hydrogen-bond donors (Lipinski definition) is 3. The van der Waals surface area contributed by atoms with Gasteiger partial charge in [0.2, 0.25) is 5.91 Å². The van der Waals surface area contributed by atoms with Gasteiger partial charge in [0.1, 0.15) is 0 Å². The Labute approximate surface area is 170 Å². The number of primary amides is 1. The molecule has 0 bridgehead atoms. The second-order valence-electron chi connectivity index (χ2n) is 6.74. The minimum atomic E-state index is -0.589. The third kappa shape index (κ3) is 6.13. The first-order valence-corrected chi connectivity index (χ1v) is 9.43. The second kappa shape index (κ2) is 9.94. The van der Waals surface area contributed by atoms with Gasteiger partial charge >= 0.3 is 0 Å². The Kier molecular flexibility index (Phi) is 7.63. The van der Waals surface area contributed by atoms with Crippen LogP contribution in [0.3, 0.4) is 0 Å². The van der Waals surface area contributed by atoms with Crippen molar-refractivity contribution in [1.82, 2.24) is 10.2 Å². The number of hydrogen-bond acceptors (Lipinski definition) is 4. The van der Waals surface area contributed by atoms with Crippen LogP contribution in [0.5, 0.6) is 0 Å². The van der Waals surface area contributed by atoms with E-state index in [2.05, 4.69) is 17.9 Å². The fourth-order valence-electron chi connectivity index (χ4n) is 2.77. The number of benzene rings is 2. The summed E-state index contributed by atoms with van der Waals surface area (Å²) in [4.78, 5) is 37.8. The lowest BCUT2D eigenvalue weighted by Crippen LogP contribution is -2.33. The van der Waals surface area contributed by atoms with Crippen molar-refractivity contribution in [3.8, 4) is 0 Å². The van der Waals surface area contributed by atoms with Crippen LogP contribution >= 0.6 is 12.6 Å². The van der Waals surface area contributed by atoms with E-state index in [4.69, 9.17) is 5.73 Å². The van der Waals surface area contributed by atoms with Crippen LogP contribution in [-0.2, 0) is 4.79 Å². The molecule has 7 heteroatoms. The van der Waals surface area contributed by atoms with Crippen LogP contribution < -0.4 is 11.1 Å². The molecule has 0 fully saturated rings. The normalized spacial score (nSPS) is 11.5. The second-order valence-corrected chi connectivity index (χ2v) is 7.26. The fourth-order valence-corrected chi connectivity index (χ4v) is 3.00. The molecule has 148 valence electrons. The van der Waals surface area contributed by atoms with E-state index in [1.54, 1.807) is 48.3 Å². The molecule has 0 radical (unpaired) electrons. The highest BCUT2D eigenvalue weighted by molar-refractivity contribution is 7.80. The summed E-state index contributed by atoms with van der Waals surface area (Å²) in [6.07, 6.45) is 0.745. The van der Waals surface area contributed by atoms with E-state index in [-0.39, 0.29) is 24.3 Å². The number of thiol groups is 1. The predicted molar refractivity (Wildman–Crippen MR) is 112 cm³/mol. The Morgan fingerprint density at radius 1 is 1.11 bits per heavy atom. The SMILES string of the molecule is CC(CCN(C)C(=O)c1cccc(S)c1)c1cccc(C(=O)NCC(N)=O)c1. The molecule has 1 unspecified atom stereocenters. The van der Waals surface area contributed by atoms with E-state index in [9.17, 15) is 14.4 Å². The molecule has 0 aliphatic carbocycles. The highest BCUT2D eigenvalue weighted by atomic mass is 32.1. The number of nitrogens with one attached hydrogen (secondary N) is 1. The molecule has 6 nitrogen and oxygen atoms in total. The van der Waals surface area contributed by atoms with Crippen molar-refractivity contribution in [3.05, 3.63) is 65.2 Å². The zero-order chi connectivity index (χ0) is 20.7. The molecule has 28 heavy (non-hydrogen) atoms. The first-order valence-electron chi connectivity index (χ1n) is 8.99. The molecule has 0 heterocycles. The number of rotatable bonds is 8. The molecule has 0 saturated carbocycles. The van der Waals surface area contributed by atoms with Crippen molar-refractivity contribution >= 4 is 30.4 Å². The number of carbonyl (C=O) groups excluding carboxylic acids is 3. The van der Waals surface area contributed by atoms with Crippen LogP contribution in [0, 0.1) is 0 Å². The first-order chi connectivity index (χ1) is 13.3. The molecule has 0 spiro atoms. The van der Waals surface area contributed by atoms with Gasteiger partial charge in [-0.3, -0.25) is 14.4 Å². The van der Waals surface area contributed by atoms with E-state index in [1.165, 1.54) is 0 Å². The number of carbonyl (C=O) groups is 3. The van der Waals surface area contributed by atoms with Crippen LogP contribution in [0.4, 0.5) is 0 Å². The maximum Gasteiger partial charge on any atom is 0.253 e. The maximum absolute atomic E-state index is 12.5. The van der Waals surface area contributed by atoms with Crippen LogP contribution in [0.25, 0.3) is 0 Å². The summed E-state index contributed by atoms with van der Waals surface area (Å²) in [5.41, 5.74) is 7.12. The van der Waals surface area contributed by atoms with Crippen molar-refractivity contribution in [1.29, 1.82) is 0 Å². The largest absolute Gasteiger partial charge is 0.368 e. The summed E-state index contributed by atoms with van der Waals surface area (Å²) in [7, 11) is 1.77. The molecule has 0 aromatic heterocycles.